The van der Waals surface area contributed by atoms with E-state index >= 15 is 0 Å². The number of thiophene rings is 1. The third-order valence-corrected chi connectivity index (χ3v) is 4.36. The molecule has 0 saturated carbocycles. The van der Waals surface area contributed by atoms with Gasteiger partial charge in [0, 0.05) is 4.70 Å². The molecule has 1 aromatic heterocycles. The van der Waals surface area contributed by atoms with Crippen LogP contribution in [0.25, 0.3) is 10.1 Å². The second kappa shape index (κ2) is 3.59. The molecule has 0 radical (unpaired) electrons. The summed E-state index contributed by atoms with van der Waals surface area (Å²) in [6.07, 6.45) is 0. The highest BCUT2D eigenvalue weighted by molar-refractivity contribution is 7.80. The standard InChI is InChI=1S/C12H14S2/c1-12(2,8-13)10-7-14-11-6-4-3-5-9(10)11/h3-7,13H,8H2,1-2H3. The largest absolute Gasteiger partial charge is 0.178 e. The summed E-state index contributed by atoms with van der Waals surface area (Å²) < 4.78 is 1.37. The lowest BCUT2D eigenvalue weighted by molar-refractivity contribution is 0.612. The van der Waals surface area contributed by atoms with Crippen LogP contribution < -0.4 is 0 Å². The van der Waals surface area contributed by atoms with Crippen molar-refractivity contribution in [2.45, 2.75) is 19.3 Å². The lowest BCUT2D eigenvalue weighted by Gasteiger charge is -2.21. The number of fused-ring (bicyclic) bond motifs is 1. The molecular weight excluding hydrogens is 208 g/mol. The predicted octanol–water partition coefficient (Wildman–Crippen LogP) is 4.11. The van der Waals surface area contributed by atoms with Gasteiger partial charge >= 0.3 is 0 Å². The van der Waals surface area contributed by atoms with Gasteiger partial charge in [0.25, 0.3) is 0 Å². The number of rotatable bonds is 2. The average molecular weight is 222 g/mol. The number of benzene rings is 1. The Morgan fingerprint density at radius 3 is 2.71 bits per heavy atom. The first-order chi connectivity index (χ1) is 6.65. The molecular formula is C12H14S2. The van der Waals surface area contributed by atoms with Crippen LogP contribution in [0, 0.1) is 0 Å². The van der Waals surface area contributed by atoms with Crippen LogP contribution in [0.4, 0.5) is 0 Å². The molecule has 0 atom stereocenters. The van der Waals surface area contributed by atoms with E-state index < -0.39 is 0 Å². The summed E-state index contributed by atoms with van der Waals surface area (Å²) in [5, 5.41) is 3.65. The van der Waals surface area contributed by atoms with Crippen LogP contribution >= 0.6 is 24.0 Å². The number of hydrogen-bond acceptors (Lipinski definition) is 2. The van der Waals surface area contributed by atoms with E-state index in [0.29, 0.717) is 0 Å². The molecule has 0 bridgehead atoms. The minimum absolute atomic E-state index is 0.169. The fourth-order valence-electron chi connectivity index (χ4n) is 1.59. The van der Waals surface area contributed by atoms with E-state index in [0.717, 1.165) is 5.75 Å². The fraction of sp³-hybridized carbons (Fsp3) is 0.333. The maximum absolute atomic E-state index is 4.42. The zero-order valence-corrected chi connectivity index (χ0v) is 10.2. The molecule has 0 spiro atoms. The Balaban J connectivity index is 2.64. The topological polar surface area (TPSA) is 0 Å². The molecule has 0 aliphatic heterocycles. The van der Waals surface area contributed by atoms with Gasteiger partial charge in [-0.05, 0) is 33.6 Å². The molecule has 0 saturated heterocycles. The molecule has 74 valence electrons. The average Bonchev–Trinajstić information content (AvgIpc) is 2.61. The summed E-state index contributed by atoms with van der Waals surface area (Å²) in [5.41, 5.74) is 1.59. The molecule has 0 N–H and O–H groups in total. The van der Waals surface area contributed by atoms with Crippen molar-refractivity contribution in [3.8, 4) is 0 Å². The smallest absolute Gasteiger partial charge is 0.0345 e. The van der Waals surface area contributed by atoms with Gasteiger partial charge in [0.2, 0.25) is 0 Å². The van der Waals surface area contributed by atoms with Gasteiger partial charge in [0.05, 0.1) is 0 Å². The van der Waals surface area contributed by atoms with Gasteiger partial charge in [-0.15, -0.1) is 11.3 Å². The quantitative estimate of drug-likeness (QED) is 0.726. The van der Waals surface area contributed by atoms with Crippen LogP contribution in [0.5, 0.6) is 0 Å². The lowest BCUT2D eigenvalue weighted by atomic mass is 9.86. The summed E-state index contributed by atoms with van der Waals surface area (Å²) in [5.74, 6) is 0.883. The maximum Gasteiger partial charge on any atom is 0.0345 e. The Labute approximate surface area is 94.4 Å². The Morgan fingerprint density at radius 1 is 1.29 bits per heavy atom. The van der Waals surface area contributed by atoms with Crippen LogP contribution in [0.2, 0.25) is 0 Å². The van der Waals surface area contributed by atoms with E-state index in [9.17, 15) is 0 Å². The molecule has 2 aromatic rings. The zero-order valence-electron chi connectivity index (χ0n) is 8.45. The summed E-state index contributed by atoms with van der Waals surface area (Å²) in [6.45, 7) is 4.49. The van der Waals surface area contributed by atoms with E-state index in [1.54, 1.807) is 0 Å². The van der Waals surface area contributed by atoms with Gasteiger partial charge < -0.3 is 0 Å². The third-order valence-electron chi connectivity index (χ3n) is 2.61. The highest BCUT2D eigenvalue weighted by Crippen LogP contribution is 2.35. The number of thiol groups is 1. The molecule has 0 aliphatic carbocycles. The van der Waals surface area contributed by atoms with E-state index in [-0.39, 0.29) is 5.41 Å². The molecule has 0 nitrogen and oxygen atoms in total. The van der Waals surface area contributed by atoms with Crippen molar-refractivity contribution in [3.63, 3.8) is 0 Å². The SMILES string of the molecule is CC(C)(CS)c1csc2ccccc12. The van der Waals surface area contributed by atoms with E-state index in [1.807, 2.05) is 11.3 Å². The van der Waals surface area contributed by atoms with Gasteiger partial charge in [-0.2, -0.15) is 12.6 Å². The Morgan fingerprint density at radius 2 is 2.00 bits per heavy atom. The second-order valence-corrected chi connectivity index (χ2v) is 5.41. The maximum atomic E-state index is 4.42. The monoisotopic (exact) mass is 222 g/mol. The summed E-state index contributed by atoms with van der Waals surface area (Å²) in [4.78, 5) is 0. The van der Waals surface area contributed by atoms with Crippen molar-refractivity contribution in [1.29, 1.82) is 0 Å². The van der Waals surface area contributed by atoms with Crippen LogP contribution in [0.15, 0.2) is 29.6 Å². The first kappa shape index (κ1) is 10.1. The summed E-state index contributed by atoms with van der Waals surface area (Å²) in [7, 11) is 0. The molecule has 0 amide bonds. The Bertz CT molecular complexity index is 440. The Kier molecular flexibility index (Phi) is 2.58. The number of hydrogen-bond donors (Lipinski definition) is 1. The van der Waals surface area contributed by atoms with Crippen molar-refractivity contribution in [2.75, 3.05) is 5.75 Å². The summed E-state index contributed by atoms with van der Waals surface area (Å²) >= 11 is 6.24. The molecule has 1 aromatic carbocycles. The highest BCUT2D eigenvalue weighted by Gasteiger charge is 2.21. The molecule has 2 rings (SSSR count). The van der Waals surface area contributed by atoms with Crippen molar-refractivity contribution in [3.05, 3.63) is 35.2 Å². The van der Waals surface area contributed by atoms with Crippen molar-refractivity contribution >= 4 is 34.1 Å². The first-order valence-corrected chi connectivity index (χ1v) is 6.24. The molecule has 0 unspecified atom stereocenters. The van der Waals surface area contributed by atoms with Gasteiger partial charge in [-0.3, -0.25) is 0 Å². The second-order valence-electron chi connectivity index (χ2n) is 4.19. The van der Waals surface area contributed by atoms with Gasteiger partial charge in [-0.1, -0.05) is 32.0 Å². The van der Waals surface area contributed by atoms with Gasteiger partial charge in [-0.25, -0.2) is 0 Å². The molecule has 0 aliphatic rings. The first-order valence-electron chi connectivity index (χ1n) is 4.73. The van der Waals surface area contributed by atoms with Crippen LogP contribution in [0.3, 0.4) is 0 Å². The minimum Gasteiger partial charge on any atom is -0.178 e. The highest BCUT2D eigenvalue weighted by atomic mass is 32.1. The van der Waals surface area contributed by atoms with E-state index in [4.69, 9.17) is 0 Å². The minimum atomic E-state index is 0.169. The van der Waals surface area contributed by atoms with Gasteiger partial charge in [0.15, 0.2) is 0 Å². The van der Waals surface area contributed by atoms with E-state index in [1.165, 1.54) is 15.6 Å². The molecule has 0 fully saturated rings. The molecule has 1 heterocycles. The lowest BCUT2D eigenvalue weighted by Crippen LogP contribution is -2.18. The summed E-state index contributed by atoms with van der Waals surface area (Å²) in [6, 6.07) is 8.58. The van der Waals surface area contributed by atoms with Crippen molar-refractivity contribution < 1.29 is 0 Å². The Hall–Kier alpha value is -0.470. The molecule has 14 heavy (non-hydrogen) atoms. The van der Waals surface area contributed by atoms with Gasteiger partial charge in [0.1, 0.15) is 0 Å². The predicted molar refractivity (Wildman–Crippen MR) is 68.7 cm³/mol. The van der Waals surface area contributed by atoms with Crippen LogP contribution in [-0.4, -0.2) is 5.75 Å². The molecule has 2 heteroatoms. The van der Waals surface area contributed by atoms with Crippen LogP contribution in [-0.2, 0) is 5.41 Å². The van der Waals surface area contributed by atoms with Crippen LogP contribution in [0.1, 0.15) is 19.4 Å². The zero-order chi connectivity index (χ0) is 10.2. The van der Waals surface area contributed by atoms with Crippen molar-refractivity contribution in [1.82, 2.24) is 0 Å². The normalized spacial score (nSPS) is 12.2. The third kappa shape index (κ3) is 1.57. The van der Waals surface area contributed by atoms with Crippen molar-refractivity contribution in [2.24, 2.45) is 0 Å². The fourth-order valence-corrected chi connectivity index (χ4v) is 2.91. The van der Waals surface area contributed by atoms with E-state index in [2.05, 4.69) is 56.1 Å².